The molecular weight excluding hydrogens is 201 g/mol. The number of amides is 1. The summed E-state index contributed by atoms with van der Waals surface area (Å²) in [6, 6.07) is 4.07. The number of aliphatic hydroxyl groups excluding tert-OH is 2. The first-order valence-corrected chi connectivity index (χ1v) is 4.35. The summed E-state index contributed by atoms with van der Waals surface area (Å²) in [6.45, 7) is 1.68. The minimum Gasteiger partial charge on any atom is -0.385 e. The summed E-state index contributed by atoms with van der Waals surface area (Å²) >= 11 is 0. The molecule has 0 spiro atoms. The van der Waals surface area contributed by atoms with Gasteiger partial charge < -0.3 is 15.9 Å². The van der Waals surface area contributed by atoms with E-state index in [0.29, 0.717) is 5.56 Å². The van der Waals surface area contributed by atoms with Crippen molar-refractivity contribution in [3.05, 3.63) is 35.1 Å². The minimum absolute atomic E-state index is 0.146. The SMILES string of the molecule is Cc1ccc(C(O)C(O)C(N)=O)c(F)c1. The van der Waals surface area contributed by atoms with Crippen LogP contribution in [0.15, 0.2) is 18.2 Å². The fourth-order valence-electron chi connectivity index (χ4n) is 1.20. The maximum Gasteiger partial charge on any atom is 0.249 e. The lowest BCUT2D eigenvalue weighted by atomic mass is 10.0. The van der Waals surface area contributed by atoms with Gasteiger partial charge in [0.2, 0.25) is 5.91 Å². The Hall–Kier alpha value is -1.46. The van der Waals surface area contributed by atoms with E-state index in [9.17, 15) is 14.3 Å². The maximum absolute atomic E-state index is 13.3. The Morgan fingerprint density at radius 3 is 2.53 bits per heavy atom. The first kappa shape index (κ1) is 11.6. The number of rotatable bonds is 3. The summed E-state index contributed by atoms with van der Waals surface area (Å²) < 4.78 is 13.3. The van der Waals surface area contributed by atoms with E-state index in [-0.39, 0.29) is 5.56 Å². The Morgan fingerprint density at radius 2 is 2.07 bits per heavy atom. The fourth-order valence-corrected chi connectivity index (χ4v) is 1.20. The molecule has 82 valence electrons. The fraction of sp³-hybridized carbons (Fsp3) is 0.300. The molecule has 0 aliphatic rings. The number of aryl methyl sites for hydroxylation is 1. The van der Waals surface area contributed by atoms with Crippen molar-refractivity contribution < 1.29 is 19.4 Å². The number of nitrogens with two attached hydrogens (primary N) is 1. The highest BCUT2D eigenvalue weighted by Gasteiger charge is 2.25. The van der Waals surface area contributed by atoms with E-state index in [1.807, 2.05) is 0 Å². The maximum atomic E-state index is 13.3. The van der Waals surface area contributed by atoms with Gasteiger partial charge in [-0.25, -0.2) is 4.39 Å². The van der Waals surface area contributed by atoms with Crippen LogP contribution in [-0.4, -0.2) is 22.2 Å². The third-order valence-corrected chi connectivity index (χ3v) is 2.07. The van der Waals surface area contributed by atoms with Crippen LogP contribution in [0.4, 0.5) is 4.39 Å². The quantitative estimate of drug-likeness (QED) is 0.661. The van der Waals surface area contributed by atoms with Crippen molar-refractivity contribution >= 4 is 5.91 Å². The van der Waals surface area contributed by atoms with Crippen LogP contribution in [0, 0.1) is 12.7 Å². The highest BCUT2D eigenvalue weighted by atomic mass is 19.1. The number of hydrogen-bond acceptors (Lipinski definition) is 3. The predicted molar refractivity (Wildman–Crippen MR) is 51.3 cm³/mol. The Balaban J connectivity index is 3.01. The molecule has 0 aromatic heterocycles. The third-order valence-electron chi connectivity index (χ3n) is 2.07. The Bertz CT molecular complexity index is 381. The molecule has 2 atom stereocenters. The van der Waals surface area contributed by atoms with E-state index in [0.717, 1.165) is 0 Å². The van der Waals surface area contributed by atoms with Gasteiger partial charge in [0.1, 0.15) is 11.9 Å². The van der Waals surface area contributed by atoms with E-state index >= 15 is 0 Å². The van der Waals surface area contributed by atoms with Crippen LogP contribution in [0.25, 0.3) is 0 Å². The van der Waals surface area contributed by atoms with Gasteiger partial charge in [-0.1, -0.05) is 12.1 Å². The molecule has 1 aromatic carbocycles. The second-order valence-electron chi connectivity index (χ2n) is 3.32. The van der Waals surface area contributed by atoms with Gasteiger partial charge in [0, 0.05) is 5.56 Å². The molecule has 2 unspecified atom stereocenters. The molecule has 0 radical (unpaired) electrons. The van der Waals surface area contributed by atoms with Crippen molar-refractivity contribution in [2.75, 3.05) is 0 Å². The Morgan fingerprint density at radius 1 is 1.47 bits per heavy atom. The van der Waals surface area contributed by atoms with Gasteiger partial charge in [-0.3, -0.25) is 4.79 Å². The first-order valence-electron chi connectivity index (χ1n) is 4.35. The van der Waals surface area contributed by atoms with Gasteiger partial charge in [-0.2, -0.15) is 0 Å². The molecule has 1 rings (SSSR count). The Labute approximate surface area is 86.1 Å². The zero-order valence-corrected chi connectivity index (χ0v) is 8.14. The summed E-state index contributed by atoms with van der Waals surface area (Å²) in [5, 5.41) is 18.6. The number of hydrogen-bond donors (Lipinski definition) is 3. The zero-order chi connectivity index (χ0) is 11.6. The topological polar surface area (TPSA) is 83.6 Å². The normalized spacial score (nSPS) is 14.7. The molecule has 0 heterocycles. The molecule has 4 N–H and O–H groups in total. The van der Waals surface area contributed by atoms with Crippen LogP contribution >= 0.6 is 0 Å². The number of primary amides is 1. The average Bonchev–Trinajstić information content (AvgIpc) is 2.15. The lowest BCUT2D eigenvalue weighted by Gasteiger charge is -2.15. The van der Waals surface area contributed by atoms with Crippen molar-refractivity contribution in [2.45, 2.75) is 19.1 Å². The molecule has 5 heteroatoms. The van der Waals surface area contributed by atoms with E-state index in [1.54, 1.807) is 13.0 Å². The molecular formula is C10H12FNO3. The molecule has 0 saturated carbocycles. The lowest BCUT2D eigenvalue weighted by molar-refractivity contribution is -0.132. The second-order valence-corrected chi connectivity index (χ2v) is 3.32. The van der Waals surface area contributed by atoms with Crippen LogP contribution in [0.3, 0.4) is 0 Å². The number of benzene rings is 1. The van der Waals surface area contributed by atoms with Gasteiger partial charge in [0.15, 0.2) is 6.10 Å². The monoisotopic (exact) mass is 213 g/mol. The second kappa shape index (κ2) is 4.37. The van der Waals surface area contributed by atoms with Gasteiger partial charge >= 0.3 is 0 Å². The number of carbonyl (C=O) groups is 1. The van der Waals surface area contributed by atoms with Gasteiger partial charge in [0.05, 0.1) is 0 Å². The van der Waals surface area contributed by atoms with Gasteiger partial charge in [-0.15, -0.1) is 0 Å². The molecule has 0 fully saturated rings. The molecule has 1 aromatic rings. The average molecular weight is 213 g/mol. The zero-order valence-electron chi connectivity index (χ0n) is 8.14. The van der Waals surface area contributed by atoms with E-state index < -0.39 is 23.9 Å². The third kappa shape index (κ3) is 2.51. The molecule has 0 aliphatic carbocycles. The summed E-state index contributed by atoms with van der Waals surface area (Å²) in [6.07, 6.45) is -3.44. The van der Waals surface area contributed by atoms with Crippen LogP contribution in [0.5, 0.6) is 0 Å². The summed E-state index contributed by atoms with van der Waals surface area (Å²) in [5.74, 6) is -1.77. The van der Waals surface area contributed by atoms with E-state index in [1.165, 1.54) is 12.1 Å². The number of halogens is 1. The Kier molecular flexibility index (Phi) is 3.39. The number of aliphatic hydroxyl groups is 2. The molecule has 4 nitrogen and oxygen atoms in total. The molecule has 0 aliphatic heterocycles. The minimum atomic E-state index is -1.80. The van der Waals surface area contributed by atoms with Crippen molar-refractivity contribution in [3.8, 4) is 0 Å². The van der Waals surface area contributed by atoms with E-state index in [4.69, 9.17) is 10.8 Å². The first-order chi connectivity index (χ1) is 6.93. The van der Waals surface area contributed by atoms with Crippen LogP contribution in [0.2, 0.25) is 0 Å². The van der Waals surface area contributed by atoms with Crippen molar-refractivity contribution in [3.63, 3.8) is 0 Å². The molecule has 0 saturated heterocycles. The molecule has 0 bridgehead atoms. The van der Waals surface area contributed by atoms with Gasteiger partial charge in [-0.05, 0) is 18.6 Å². The van der Waals surface area contributed by atoms with Crippen molar-refractivity contribution in [1.29, 1.82) is 0 Å². The van der Waals surface area contributed by atoms with Crippen molar-refractivity contribution in [1.82, 2.24) is 0 Å². The van der Waals surface area contributed by atoms with E-state index in [2.05, 4.69) is 0 Å². The highest BCUT2D eigenvalue weighted by Crippen LogP contribution is 2.21. The summed E-state index contributed by atoms with van der Waals surface area (Å²) in [5.41, 5.74) is 5.31. The summed E-state index contributed by atoms with van der Waals surface area (Å²) in [7, 11) is 0. The smallest absolute Gasteiger partial charge is 0.249 e. The summed E-state index contributed by atoms with van der Waals surface area (Å²) in [4.78, 5) is 10.6. The molecule has 1 amide bonds. The lowest BCUT2D eigenvalue weighted by Crippen LogP contribution is -2.34. The van der Waals surface area contributed by atoms with Crippen LogP contribution < -0.4 is 5.73 Å². The van der Waals surface area contributed by atoms with Crippen LogP contribution in [-0.2, 0) is 4.79 Å². The van der Waals surface area contributed by atoms with Gasteiger partial charge in [0.25, 0.3) is 0 Å². The van der Waals surface area contributed by atoms with Crippen molar-refractivity contribution in [2.24, 2.45) is 5.73 Å². The molecule has 15 heavy (non-hydrogen) atoms. The predicted octanol–water partition coefficient (Wildman–Crippen LogP) is 0.0137. The van der Waals surface area contributed by atoms with Crippen LogP contribution in [0.1, 0.15) is 17.2 Å². The number of carbonyl (C=O) groups excluding carboxylic acids is 1. The standard InChI is InChI=1S/C10H12FNO3/c1-5-2-3-6(7(11)4-5)8(13)9(14)10(12)15/h2-4,8-9,13-14H,1H3,(H2,12,15). The largest absolute Gasteiger partial charge is 0.385 e. The highest BCUT2D eigenvalue weighted by molar-refractivity contribution is 5.79.